The van der Waals surface area contributed by atoms with Gasteiger partial charge in [0.2, 0.25) is 0 Å². The van der Waals surface area contributed by atoms with Crippen molar-refractivity contribution in [1.29, 1.82) is 0 Å². The summed E-state index contributed by atoms with van der Waals surface area (Å²) < 4.78 is 5.69. The molecule has 1 aromatic rings. The molecule has 1 aliphatic rings. The molecule has 0 aromatic heterocycles. The van der Waals surface area contributed by atoms with Crippen molar-refractivity contribution in [3.8, 4) is 5.75 Å². The molecule has 2 rings (SSSR count). The molecule has 1 fully saturated rings. The molecule has 2 N–H and O–H groups in total. The van der Waals surface area contributed by atoms with E-state index in [4.69, 9.17) is 10.5 Å². The Morgan fingerprint density at radius 2 is 2.06 bits per heavy atom. The quantitative estimate of drug-likeness (QED) is 0.831. The Balaban J connectivity index is 2.08. The summed E-state index contributed by atoms with van der Waals surface area (Å²) in [4.78, 5) is 2.43. The minimum absolute atomic E-state index is 0.727. The van der Waals surface area contributed by atoms with Crippen LogP contribution < -0.4 is 15.4 Å². The molecule has 0 amide bonds. The molecule has 18 heavy (non-hydrogen) atoms. The largest absolute Gasteiger partial charge is 0.491 e. The minimum atomic E-state index is 0.727. The lowest BCUT2D eigenvalue weighted by Gasteiger charge is -2.32. The van der Waals surface area contributed by atoms with Crippen LogP contribution in [0.25, 0.3) is 0 Å². The fraction of sp³-hybridized carbons (Fsp3) is 0.600. The molecule has 0 bridgehead atoms. The number of nitrogens with two attached hydrogens (primary N) is 1. The summed E-state index contributed by atoms with van der Waals surface area (Å²) >= 11 is 0. The first-order valence-electron chi connectivity index (χ1n) is 6.98. The van der Waals surface area contributed by atoms with E-state index in [2.05, 4.69) is 30.9 Å². The molecule has 0 spiro atoms. The maximum atomic E-state index is 5.94. The van der Waals surface area contributed by atoms with E-state index in [1.807, 2.05) is 6.07 Å². The number of nitrogen functional groups attached to an aromatic ring is 1. The monoisotopic (exact) mass is 248 g/mol. The normalized spacial score (nSPS) is 16.9. The van der Waals surface area contributed by atoms with Crippen molar-refractivity contribution in [2.75, 3.05) is 30.3 Å². The first kappa shape index (κ1) is 13.1. The summed E-state index contributed by atoms with van der Waals surface area (Å²) in [5.41, 5.74) is 7.91. The summed E-state index contributed by atoms with van der Waals surface area (Å²) in [6.07, 6.45) is 3.55. The Morgan fingerprint density at radius 3 is 2.72 bits per heavy atom. The zero-order chi connectivity index (χ0) is 13.0. The molecule has 100 valence electrons. The smallest absolute Gasteiger partial charge is 0.144 e. The van der Waals surface area contributed by atoms with Gasteiger partial charge in [0.15, 0.2) is 0 Å². The van der Waals surface area contributed by atoms with Crippen LogP contribution in [0.5, 0.6) is 5.75 Å². The maximum absolute atomic E-state index is 5.94. The van der Waals surface area contributed by atoms with Crippen molar-refractivity contribution < 1.29 is 4.74 Å². The third-order valence-corrected chi connectivity index (χ3v) is 3.61. The van der Waals surface area contributed by atoms with Crippen molar-refractivity contribution in [2.24, 2.45) is 5.92 Å². The van der Waals surface area contributed by atoms with E-state index in [1.54, 1.807) is 0 Å². The van der Waals surface area contributed by atoms with Crippen LogP contribution >= 0.6 is 0 Å². The van der Waals surface area contributed by atoms with Gasteiger partial charge >= 0.3 is 0 Å². The zero-order valence-corrected chi connectivity index (χ0v) is 11.5. The molecule has 0 saturated carbocycles. The molecule has 1 aromatic carbocycles. The van der Waals surface area contributed by atoms with E-state index in [0.717, 1.165) is 43.5 Å². The highest BCUT2D eigenvalue weighted by molar-refractivity contribution is 5.62. The van der Waals surface area contributed by atoms with Crippen molar-refractivity contribution >= 4 is 11.4 Å². The summed E-state index contributed by atoms with van der Waals surface area (Å²) in [5.74, 6) is 1.68. The van der Waals surface area contributed by atoms with Crippen molar-refractivity contribution in [1.82, 2.24) is 0 Å². The number of piperidine rings is 1. The Labute approximate surface area is 110 Å². The van der Waals surface area contributed by atoms with Crippen LogP contribution in [0.3, 0.4) is 0 Å². The second-order valence-electron chi connectivity index (χ2n) is 5.24. The second-order valence-corrected chi connectivity index (χ2v) is 5.24. The summed E-state index contributed by atoms with van der Waals surface area (Å²) in [5, 5.41) is 0. The van der Waals surface area contributed by atoms with E-state index >= 15 is 0 Å². The molecule has 3 heteroatoms. The Kier molecular flexibility index (Phi) is 4.34. The lowest BCUT2D eigenvalue weighted by Crippen LogP contribution is -2.32. The topological polar surface area (TPSA) is 38.5 Å². The molecule has 3 nitrogen and oxygen atoms in total. The highest BCUT2D eigenvalue weighted by atomic mass is 16.5. The third kappa shape index (κ3) is 3.09. The number of anilines is 2. The van der Waals surface area contributed by atoms with E-state index in [0.29, 0.717) is 0 Å². The zero-order valence-electron chi connectivity index (χ0n) is 11.5. The predicted molar refractivity (Wildman–Crippen MR) is 77.3 cm³/mol. The van der Waals surface area contributed by atoms with Crippen LogP contribution in [-0.2, 0) is 0 Å². The first-order valence-corrected chi connectivity index (χ1v) is 6.98. The fourth-order valence-electron chi connectivity index (χ4n) is 2.32. The van der Waals surface area contributed by atoms with Crippen LogP contribution in [0.15, 0.2) is 18.2 Å². The molecule has 1 heterocycles. The van der Waals surface area contributed by atoms with Crippen LogP contribution in [0, 0.1) is 5.92 Å². The lowest BCUT2D eigenvalue weighted by atomic mass is 9.99. The van der Waals surface area contributed by atoms with Crippen LogP contribution in [0.4, 0.5) is 11.4 Å². The number of benzene rings is 1. The van der Waals surface area contributed by atoms with Crippen LogP contribution in [0.1, 0.15) is 33.1 Å². The van der Waals surface area contributed by atoms with E-state index in [-0.39, 0.29) is 0 Å². The van der Waals surface area contributed by atoms with E-state index in [9.17, 15) is 0 Å². The van der Waals surface area contributed by atoms with Gasteiger partial charge in [-0.1, -0.05) is 13.8 Å². The van der Waals surface area contributed by atoms with E-state index in [1.165, 1.54) is 18.5 Å². The van der Waals surface area contributed by atoms with Gasteiger partial charge in [-0.15, -0.1) is 0 Å². The summed E-state index contributed by atoms with van der Waals surface area (Å²) in [6, 6.07) is 6.14. The average molecular weight is 248 g/mol. The standard InChI is InChI=1S/C15H24N2O/c1-3-10-18-15-11-13(4-5-14(15)16)17-8-6-12(2)7-9-17/h4-5,11-12H,3,6-10,16H2,1-2H3. The molecule has 0 radical (unpaired) electrons. The molecule has 0 aliphatic carbocycles. The van der Waals surface area contributed by atoms with Crippen LogP contribution in [0.2, 0.25) is 0 Å². The number of rotatable bonds is 4. The molecule has 1 saturated heterocycles. The molecular formula is C15H24N2O. The number of nitrogens with zero attached hydrogens (tertiary/aromatic N) is 1. The van der Waals surface area contributed by atoms with Gasteiger partial charge in [0, 0.05) is 24.8 Å². The van der Waals surface area contributed by atoms with E-state index < -0.39 is 0 Å². The Bertz CT molecular complexity index is 384. The Morgan fingerprint density at radius 1 is 1.33 bits per heavy atom. The van der Waals surface area contributed by atoms with Gasteiger partial charge in [0.05, 0.1) is 12.3 Å². The van der Waals surface area contributed by atoms with Gasteiger partial charge in [0.1, 0.15) is 5.75 Å². The lowest BCUT2D eigenvalue weighted by molar-refractivity contribution is 0.319. The summed E-state index contributed by atoms with van der Waals surface area (Å²) in [7, 11) is 0. The number of hydrogen-bond donors (Lipinski definition) is 1. The van der Waals surface area contributed by atoms with Gasteiger partial charge in [0.25, 0.3) is 0 Å². The third-order valence-electron chi connectivity index (χ3n) is 3.61. The average Bonchev–Trinajstić information content (AvgIpc) is 2.39. The highest BCUT2D eigenvalue weighted by Gasteiger charge is 2.16. The van der Waals surface area contributed by atoms with Gasteiger partial charge < -0.3 is 15.4 Å². The first-order chi connectivity index (χ1) is 8.70. The van der Waals surface area contributed by atoms with Gasteiger partial charge in [-0.05, 0) is 37.3 Å². The SMILES string of the molecule is CCCOc1cc(N2CCC(C)CC2)ccc1N. The van der Waals surface area contributed by atoms with Crippen molar-refractivity contribution in [3.05, 3.63) is 18.2 Å². The fourth-order valence-corrected chi connectivity index (χ4v) is 2.32. The minimum Gasteiger partial charge on any atom is -0.491 e. The van der Waals surface area contributed by atoms with Gasteiger partial charge in [-0.3, -0.25) is 0 Å². The Hall–Kier alpha value is -1.38. The second kappa shape index (κ2) is 5.98. The predicted octanol–water partition coefficient (Wildman–Crippen LogP) is 3.29. The van der Waals surface area contributed by atoms with Gasteiger partial charge in [-0.25, -0.2) is 0 Å². The highest BCUT2D eigenvalue weighted by Crippen LogP contribution is 2.30. The molecule has 0 unspecified atom stereocenters. The number of ether oxygens (including phenoxy) is 1. The number of hydrogen-bond acceptors (Lipinski definition) is 3. The maximum Gasteiger partial charge on any atom is 0.144 e. The van der Waals surface area contributed by atoms with Crippen molar-refractivity contribution in [3.63, 3.8) is 0 Å². The van der Waals surface area contributed by atoms with Gasteiger partial charge in [-0.2, -0.15) is 0 Å². The van der Waals surface area contributed by atoms with Crippen LogP contribution in [-0.4, -0.2) is 19.7 Å². The summed E-state index contributed by atoms with van der Waals surface area (Å²) in [6.45, 7) is 7.43. The molecule has 1 aliphatic heterocycles. The molecular weight excluding hydrogens is 224 g/mol. The molecule has 0 atom stereocenters. The van der Waals surface area contributed by atoms with Crippen molar-refractivity contribution in [2.45, 2.75) is 33.1 Å².